The van der Waals surface area contributed by atoms with Gasteiger partial charge in [-0.3, -0.25) is 4.79 Å². The summed E-state index contributed by atoms with van der Waals surface area (Å²) in [5, 5.41) is 9.92. The van der Waals surface area contributed by atoms with Gasteiger partial charge in [-0.1, -0.05) is 13.8 Å². The first kappa shape index (κ1) is 14.7. The molecule has 0 saturated heterocycles. The second-order valence-electron chi connectivity index (χ2n) is 3.46. The van der Waals surface area contributed by atoms with Gasteiger partial charge in [-0.2, -0.15) is 8.78 Å². The third-order valence-electron chi connectivity index (χ3n) is 1.80. The highest BCUT2D eigenvalue weighted by Crippen LogP contribution is 2.23. The number of carbonyl (C=O) groups is 2. The molecule has 0 aromatic carbocycles. The predicted octanol–water partition coefficient (Wildman–Crippen LogP) is 1.11. The molecule has 0 radical (unpaired) electrons. The Labute approximate surface area is 88.6 Å². The molecule has 0 saturated carbocycles. The van der Waals surface area contributed by atoms with E-state index in [0.29, 0.717) is 0 Å². The summed E-state index contributed by atoms with van der Waals surface area (Å²) in [6.45, 7) is 2.69. The zero-order valence-electron chi connectivity index (χ0n) is 8.51. The van der Waals surface area contributed by atoms with E-state index >= 15 is 0 Å². The molecule has 0 spiro atoms. The lowest BCUT2D eigenvalue weighted by Crippen LogP contribution is -2.53. The van der Waals surface area contributed by atoms with Crippen molar-refractivity contribution in [3.8, 4) is 0 Å². The summed E-state index contributed by atoms with van der Waals surface area (Å²) in [7, 11) is 0. The summed E-state index contributed by atoms with van der Waals surface area (Å²) in [6, 6.07) is -1.63. The van der Waals surface area contributed by atoms with Crippen LogP contribution in [-0.4, -0.2) is 35.4 Å². The molecule has 94 valence electrons. The van der Waals surface area contributed by atoms with Crippen LogP contribution in [0.25, 0.3) is 0 Å². The van der Waals surface area contributed by atoms with E-state index in [0.717, 1.165) is 0 Å². The van der Waals surface area contributed by atoms with E-state index in [1.807, 2.05) is 0 Å². The van der Waals surface area contributed by atoms with Gasteiger partial charge in [-0.05, 0) is 5.92 Å². The zero-order valence-corrected chi connectivity index (χ0v) is 8.51. The van der Waals surface area contributed by atoms with Gasteiger partial charge in [0.2, 0.25) is 0 Å². The average Bonchev–Trinajstić information content (AvgIpc) is 2.11. The minimum atomic E-state index is -4.89. The first-order valence-corrected chi connectivity index (χ1v) is 4.30. The maximum absolute atomic E-state index is 12.5. The standard InChI is InChI=1S/C8H11F4NO3/c1-3(2)4(5(14)15)13-7(16)8(11,12)6(9)10/h3-4,6H,1-2H3,(H,13,16)(H,14,15)/t4-/m1/s1. The SMILES string of the molecule is CC(C)[C@@H](NC(=O)C(F)(F)C(F)F)C(=O)O. The molecule has 0 aromatic heterocycles. The number of hydrogen-bond acceptors (Lipinski definition) is 2. The van der Waals surface area contributed by atoms with Crippen LogP contribution in [0.3, 0.4) is 0 Å². The van der Waals surface area contributed by atoms with Crippen LogP contribution in [0.4, 0.5) is 17.6 Å². The number of carbonyl (C=O) groups excluding carboxylic acids is 1. The molecule has 8 heteroatoms. The quantitative estimate of drug-likeness (QED) is 0.713. The molecule has 2 N–H and O–H groups in total. The molecule has 0 aromatic rings. The number of carboxylic acid groups (broad SMARTS) is 1. The Morgan fingerprint density at radius 2 is 1.69 bits per heavy atom. The Kier molecular flexibility index (Phi) is 4.70. The van der Waals surface area contributed by atoms with Crippen molar-refractivity contribution in [3.05, 3.63) is 0 Å². The van der Waals surface area contributed by atoms with E-state index in [-0.39, 0.29) is 0 Å². The van der Waals surface area contributed by atoms with Crippen molar-refractivity contribution in [2.75, 3.05) is 0 Å². The van der Waals surface area contributed by atoms with Crippen molar-refractivity contribution >= 4 is 11.9 Å². The molecule has 0 aliphatic rings. The highest BCUT2D eigenvalue weighted by Gasteiger charge is 2.50. The van der Waals surface area contributed by atoms with E-state index in [1.165, 1.54) is 19.2 Å². The molecule has 1 atom stereocenters. The predicted molar refractivity (Wildman–Crippen MR) is 45.4 cm³/mol. The van der Waals surface area contributed by atoms with Crippen LogP contribution in [-0.2, 0) is 9.59 Å². The fourth-order valence-corrected chi connectivity index (χ4v) is 0.850. The second kappa shape index (κ2) is 5.13. The van der Waals surface area contributed by atoms with Gasteiger partial charge in [-0.15, -0.1) is 0 Å². The number of alkyl halides is 4. The second-order valence-corrected chi connectivity index (χ2v) is 3.46. The van der Waals surface area contributed by atoms with E-state index in [9.17, 15) is 27.2 Å². The minimum Gasteiger partial charge on any atom is -0.480 e. The van der Waals surface area contributed by atoms with Gasteiger partial charge in [0, 0.05) is 0 Å². The molecular formula is C8H11F4NO3. The van der Waals surface area contributed by atoms with Gasteiger partial charge in [0.15, 0.2) is 0 Å². The van der Waals surface area contributed by atoms with E-state index < -0.39 is 36.2 Å². The molecule has 16 heavy (non-hydrogen) atoms. The topological polar surface area (TPSA) is 66.4 Å². The van der Waals surface area contributed by atoms with Crippen LogP contribution in [0.1, 0.15) is 13.8 Å². The minimum absolute atomic E-state index is 0.699. The molecule has 0 unspecified atom stereocenters. The molecule has 0 heterocycles. The summed E-state index contributed by atoms with van der Waals surface area (Å²) in [5.41, 5.74) is 0. The number of amides is 1. The maximum atomic E-state index is 12.5. The lowest BCUT2D eigenvalue weighted by atomic mass is 10.0. The van der Waals surface area contributed by atoms with Crippen molar-refractivity contribution in [1.29, 1.82) is 0 Å². The first-order valence-electron chi connectivity index (χ1n) is 4.30. The highest BCUT2D eigenvalue weighted by atomic mass is 19.3. The highest BCUT2D eigenvalue weighted by molar-refractivity contribution is 5.88. The smallest absolute Gasteiger partial charge is 0.383 e. The molecule has 4 nitrogen and oxygen atoms in total. The fourth-order valence-electron chi connectivity index (χ4n) is 0.850. The summed E-state index contributed by atoms with van der Waals surface area (Å²) in [6.07, 6.45) is -4.17. The maximum Gasteiger partial charge on any atom is 0.383 e. The average molecular weight is 245 g/mol. The van der Waals surface area contributed by atoms with Crippen molar-refractivity contribution < 1.29 is 32.3 Å². The van der Waals surface area contributed by atoms with Gasteiger partial charge in [0.1, 0.15) is 6.04 Å². The summed E-state index contributed by atoms with van der Waals surface area (Å²) in [4.78, 5) is 21.2. The number of aliphatic carboxylic acids is 1. The number of hydrogen-bond donors (Lipinski definition) is 2. The van der Waals surface area contributed by atoms with Gasteiger partial charge >= 0.3 is 18.3 Å². The fraction of sp³-hybridized carbons (Fsp3) is 0.750. The van der Waals surface area contributed by atoms with E-state index in [2.05, 4.69) is 0 Å². The van der Waals surface area contributed by atoms with Crippen molar-refractivity contribution in [2.45, 2.75) is 32.2 Å². The number of nitrogens with one attached hydrogen (secondary N) is 1. The van der Waals surface area contributed by atoms with Gasteiger partial charge in [0.25, 0.3) is 5.91 Å². The van der Waals surface area contributed by atoms with Gasteiger partial charge in [-0.25, -0.2) is 13.6 Å². The lowest BCUT2D eigenvalue weighted by Gasteiger charge is -2.21. The van der Waals surface area contributed by atoms with Crippen LogP contribution in [0.5, 0.6) is 0 Å². The van der Waals surface area contributed by atoms with Crippen LogP contribution < -0.4 is 5.32 Å². The monoisotopic (exact) mass is 245 g/mol. The van der Waals surface area contributed by atoms with Crippen LogP contribution in [0.2, 0.25) is 0 Å². The third kappa shape index (κ3) is 3.35. The van der Waals surface area contributed by atoms with Crippen LogP contribution in [0.15, 0.2) is 0 Å². The summed E-state index contributed by atoms with van der Waals surface area (Å²) >= 11 is 0. The van der Waals surface area contributed by atoms with E-state index in [4.69, 9.17) is 5.11 Å². The van der Waals surface area contributed by atoms with Crippen molar-refractivity contribution in [1.82, 2.24) is 5.32 Å². The normalized spacial score (nSPS) is 14.0. The molecule has 0 rings (SSSR count). The summed E-state index contributed by atoms with van der Waals surface area (Å²) < 4.78 is 48.5. The Balaban J connectivity index is 4.72. The summed E-state index contributed by atoms with van der Waals surface area (Å²) in [5.74, 6) is -9.44. The van der Waals surface area contributed by atoms with Crippen LogP contribution in [0, 0.1) is 5.92 Å². The lowest BCUT2D eigenvalue weighted by molar-refractivity contribution is -0.172. The Morgan fingerprint density at radius 1 is 1.25 bits per heavy atom. The zero-order chi connectivity index (χ0) is 13.1. The number of rotatable bonds is 5. The Bertz CT molecular complexity index is 280. The van der Waals surface area contributed by atoms with Gasteiger partial charge in [0.05, 0.1) is 0 Å². The number of carboxylic acids is 1. The molecule has 0 aliphatic heterocycles. The molecule has 1 amide bonds. The Hall–Kier alpha value is -1.34. The third-order valence-corrected chi connectivity index (χ3v) is 1.80. The molecule has 0 aliphatic carbocycles. The largest absolute Gasteiger partial charge is 0.480 e. The van der Waals surface area contributed by atoms with Crippen molar-refractivity contribution in [3.63, 3.8) is 0 Å². The molecular weight excluding hydrogens is 234 g/mol. The van der Waals surface area contributed by atoms with Crippen LogP contribution >= 0.6 is 0 Å². The molecule has 0 fully saturated rings. The van der Waals surface area contributed by atoms with E-state index in [1.54, 1.807) is 0 Å². The Morgan fingerprint density at radius 3 is 1.94 bits per heavy atom. The van der Waals surface area contributed by atoms with Gasteiger partial charge < -0.3 is 10.4 Å². The van der Waals surface area contributed by atoms with Crippen molar-refractivity contribution in [2.24, 2.45) is 5.92 Å². The first-order chi connectivity index (χ1) is 7.10. The number of halogens is 4. The molecule has 0 bridgehead atoms.